The smallest absolute Gasteiger partial charge is 0.116 e. The number of hydrogen-bond donors (Lipinski definition) is 1. The molecule has 5 aromatic carbocycles. The summed E-state index contributed by atoms with van der Waals surface area (Å²) >= 11 is 0. The van der Waals surface area contributed by atoms with Crippen molar-refractivity contribution in [2.45, 2.75) is 78.1 Å². The number of aryl methyl sites for hydroxylation is 2. The van der Waals surface area contributed by atoms with Crippen molar-refractivity contribution in [3.05, 3.63) is 120 Å². The monoisotopic (exact) mass is 555 g/mol. The summed E-state index contributed by atoms with van der Waals surface area (Å²) < 4.78 is 0. The third-order valence-electron chi connectivity index (χ3n) is 8.31. The second-order valence-electron chi connectivity index (χ2n) is 11.6. The van der Waals surface area contributed by atoms with Crippen LogP contribution in [0.3, 0.4) is 0 Å². The van der Waals surface area contributed by atoms with Gasteiger partial charge in [0.1, 0.15) is 5.75 Å². The van der Waals surface area contributed by atoms with E-state index in [1.54, 1.807) is 6.07 Å². The van der Waals surface area contributed by atoms with E-state index in [4.69, 9.17) is 0 Å². The van der Waals surface area contributed by atoms with Gasteiger partial charge in [-0.1, -0.05) is 107 Å². The van der Waals surface area contributed by atoms with Gasteiger partial charge in [-0.3, -0.25) is 0 Å². The molecular formula is C40H45NO. The number of phenols is 1. The standard InChI is InChI=1S/C40H45NO/c1-3-5-7-9-11-31-13-22-37(23-14-31)41(38-24-15-32(16-25-38)12-10-8-6-4-2)39-26-19-33(20-27-39)34-17-18-36-30-40(42)28-21-35(36)29-34/h13-30,42H,3-12H2,1-2H3. The maximum Gasteiger partial charge on any atom is 0.116 e. The molecular weight excluding hydrogens is 510 g/mol. The normalized spacial score (nSPS) is 11.2. The van der Waals surface area contributed by atoms with Gasteiger partial charge in [0.2, 0.25) is 0 Å². The predicted molar refractivity (Wildman–Crippen MR) is 181 cm³/mol. The first-order valence-electron chi connectivity index (χ1n) is 16.0. The summed E-state index contributed by atoms with van der Waals surface area (Å²) in [7, 11) is 0. The van der Waals surface area contributed by atoms with Crippen molar-refractivity contribution in [3.8, 4) is 16.9 Å². The van der Waals surface area contributed by atoms with Crippen LogP contribution in [0.25, 0.3) is 21.9 Å². The van der Waals surface area contributed by atoms with Gasteiger partial charge >= 0.3 is 0 Å². The van der Waals surface area contributed by atoms with Crippen molar-refractivity contribution in [2.75, 3.05) is 4.90 Å². The Morgan fingerprint density at radius 1 is 0.452 bits per heavy atom. The Morgan fingerprint density at radius 2 is 0.905 bits per heavy atom. The second kappa shape index (κ2) is 14.7. The molecule has 216 valence electrons. The molecule has 0 aliphatic heterocycles. The van der Waals surface area contributed by atoms with Gasteiger partial charge in [0, 0.05) is 17.1 Å². The van der Waals surface area contributed by atoms with Gasteiger partial charge in [-0.15, -0.1) is 0 Å². The zero-order valence-electron chi connectivity index (χ0n) is 25.4. The highest BCUT2D eigenvalue weighted by atomic mass is 16.3. The fraction of sp³-hybridized carbons (Fsp3) is 0.300. The molecule has 2 heteroatoms. The van der Waals surface area contributed by atoms with Gasteiger partial charge in [-0.25, -0.2) is 0 Å². The molecule has 0 atom stereocenters. The number of benzene rings is 5. The first kappa shape index (κ1) is 29.5. The Morgan fingerprint density at radius 3 is 1.43 bits per heavy atom. The molecule has 0 saturated heterocycles. The van der Waals surface area contributed by atoms with Crippen molar-refractivity contribution in [3.63, 3.8) is 0 Å². The largest absolute Gasteiger partial charge is 0.508 e. The SMILES string of the molecule is CCCCCCc1ccc(N(c2ccc(CCCCCC)cc2)c2ccc(-c3ccc4cc(O)ccc4c3)cc2)cc1. The molecule has 0 fully saturated rings. The molecule has 42 heavy (non-hydrogen) atoms. The molecule has 5 aromatic rings. The quantitative estimate of drug-likeness (QED) is 0.138. The number of unbranched alkanes of at least 4 members (excludes halogenated alkanes) is 6. The number of aromatic hydroxyl groups is 1. The van der Waals surface area contributed by atoms with Crippen molar-refractivity contribution in [2.24, 2.45) is 0 Å². The number of phenolic OH excluding ortho intramolecular Hbond substituents is 1. The third kappa shape index (κ3) is 7.62. The molecule has 0 aliphatic carbocycles. The summed E-state index contributed by atoms with van der Waals surface area (Å²) in [6.45, 7) is 4.53. The van der Waals surface area contributed by atoms with Gasteiger partial charge < -0.3 is 10.0 Å². The highest BCUT2D eigenvalue weighted by Crippen LogP contribution is 2.36. The van der Waals surface area contributed by atoms with Crippen molar-refractivity contribution in [1.29, 1.82) is 0 Å². The molecule has 0 amide bonds. The summed E-state index contributed by atoms with van der Waals surface area (Å²) in [5.74, 6) is 0.300. The maximum absolute atomic E-state index is 9.83. The Hall–Kier alpha value is -4.04. The first-order chi connectivity index (χ1) is 20.6. The fourth-order valence-corrected chi connectivity index (χ4v) is 5.80. The van der Waals surface area contributed by atoms with Gasteiger partial charge in [0.25, 0.3) is 0 Å². The highest BCUT2D eigenvalue weighted by Gasteiger charge is 2.13. The number of nitrogens with zero attached hydrogens (tertiary/aromatic N) is 1. The molecule has 0 aliphatic rings. The van der Waals surface area contributed by atoms with E-state index >= 15 is 0 Å². The summed E-state index contributed by atoms with van der Waals surface area (Å²) in [6, 6.07) is 39.2. The minimum absolute atomic E-state index is 0.300. The van der Waals surface area contributed by atoms with Crippen LogP contribution < -0.4 is 4.90 Å². The zero-order valence-corrected chi connectivity index (χ0v) is 25.4. The molecule has 1 N–H and O–H groups in total. The summed E-state index contributed by atoms with van der Waals surface area (Å²) in [5.41, 5.74) is 8.69. The predicted octanol–water partition coefficient (Wildman–Crippen LogP) is 11.9. The lowest BCUT2D eigenvalue weighted by Gasteiger charge is -2.26. The molecule has 0 aromatic heterocycles. The third-order valence-corrected chi connectivity index (χ3v) is 8.31. The van der Waals surface area contributed by atoms with Crippen molar-refractivity contribution < 1.29 is 5.11 Å². The van der Waals surface area contributed by atoms with E-state index in [1.807, 2.05) is 12.1 Å². The van der Waals surface area contributed by atoms with Crippen LogP contribution in [0.5, 0.6) is 5.75 Å². The van der Waals surface area contributed by atoms with Gasteiger partial charge in [0.15, 0.2) is 0 Å². The van der Waals surface area contributed by atoms with E-state index in [0.717, 1.165) is 29.3 Å². The van der Waals surface area contributed by atoms with Gasteiger partial charge in [-0.05, 0) is 113 Å². The first-order valence-corrected chi connectivity index (χ1v) is 16.0. The summed E-state index contributed by atoms with van der Waals surface area (Å²) in [6.07, 6.45) is 12.6. The minimum Gasteiger partial charge on any atom is -0.508 e. The lowest BCUT2D eigenvalue weighted by atomic mass is 10.0. The van der Waals surface area contributed by atoms with Crippen LogP contribution in [0, 0.1) is 0 Å². The second-order valence-corrected chi connectivity index (χ2v) is 11.6. The molecule has 0 heterocycles. The van der Waals surface area contributed by atoms with Gasteiger partial charge in [-0.2, -0.15) is 0 Å². The Bertz CT molecular complexity index is 1480. The lowest BCUT2D eigenvalue weighted by molar-refractivity contribution is 0.476. The molecule has 0 unspecified atom stereocenters. The maximum atomic E-state index is 9.83. The van der Waals surface area contributed by atoms with Crippen LogP contribution in [-0.2, 0) is 12.8 Å². The topological polar surface area (TPSA) is 23.5 Å². The Balaban J connectivity index is 1.40. The molecule has 0 radical (unpaired) electrons. The Labute approximate surface area is 252 Å². The molecule has 0 spiro atoms. The number of fused-ring (bicyclic) bond motifs is 1. The van der Waals surface area contributed by atoms with Gasteiger partial charge in [0.05, 0.1) is 0 Å². The zero-order chi connectivity index (χ0) is 29.1. The number of rotatable bonds is 14. The lowest BCUT2D eigenvalue weighted by Crippen LogP contribution is -2.10. The molecule has 0 saturated carbocycles. The fourth-order valence-electron chi connectivity index (χ4n) is 5.80. The summed E-state index contributed by atoms with van der Waals surface area (Å²) in [4.78, 5) is 2.37. The van der Waals surface area contributed by atoms with Crippen LogP contribution in [0.1, 0.15) is 76.3 Å². The van der Waals surface area contributed by atoms with Crippen molar-refractivity contribution >= 4 is 27.8 Å². The summed E-state index contributed by atoms with van der Waals surface area (Å²) in [5, 5.41) is 12.0. The molecule has 5 rings (SSSR count). The van der Waals surface area contributed by atoms with E-state index in [9.17, 15) is 5.11 Å². The van der Waals surface area contributed by atoms with Crippen LogP contribution >= 0.6 is 0 Å². The van der Waals surface area contributed by atoms with E-state index in [1.165, 1.54) is 85.0 Å². The van der Waals surface area contributed by atoms with Crippen LogP contribution in [-0.4, -0.2) is 5.11 Å². The van der Waals surface area contributed by atoms with Crippen LogP contribution in [0.15, 0.2) is 109 Å². The highest BCUT2D eigenvalue weighted by molar-refractivity contribution is 5.88. The van der Waals surface area contributed by atoms with E-state index in [2.05, 4.69) is 110 Å². The minimum atomic E-state index is 0.300. The molecule has 0 bridgehead atoms. The molecule has 2 nitrogen and oxygen atoms in total. The van der Waals surface area contributed by atoms with E-state index < -0.39 is 0 Å². The average Bonchev–Trinajstić information content (AvgIpc) is 3.03. The Kier molecular flexibility index (Phi) is 10.3. The van der Waals surface area contributed by atoms with Crippen LogP contribution in [0.4, 0.5) is 17.1 Å². The van der Waals surface area contributed by atoms with Crippen molar-refractivity contribution in [1.82, 2.24) is 0 Å². The number of hydrogen-bond acceptors (Lipinski definition) is 2. The van der Waals surface area contributed by atoms with Crippen LogP contribution in [0.2, 0.25) is 0 Å². The van der Waals surface area contributed by atoms with E-state index in [-0.39, 0.29) is 0 Å². The number of anilines is 3. The van der Waals surface area contributed by atoms with E-state index in [0.29, 0.717) is 5.75 Å². The average molecular weight is 556 g/mol.